The van der Waals surface area contributed by atoms with Crippen molar-refractivity contribution in [1.82, 2.24) is 0 Å². The van der Waals surface area contributed by atoms with Crippen LogP contribution in [0.5, 0.6) is 5.75 Å². The standard InChI is InChI=1S/C19H17F3N2O/c20-19(21,22)25-18-7-5-17(6-8-18)24-11-9-16(10-12-24)15-3-1-14(13-23)2-4-15/h1-8,16H,9-12H2. The van der Waals surface area contributed by atoms with Gasteiger partial charge in [0.15, 0.2) is 0 Å². The second-order valence-electron chi connectivity index (χ2n) is 6.04. The van der Waals surface area contributed by atoms with E-state index < -0.39 is 6.36 Å². The third-order valence-electron chi connectivity index (χ3n) is 4.44. The number of hydrogen-bond acceptors (Lipinski definition) is 3. The molecule has 6 heteroatoms. The molecule has 2 aromatic rings. The number of alkyl halides is 3. The average Bonchev–Trinajstić information content (AvgIpc) is 2.61. The predicted octanol–water partition coefficient (Wildman–Crippen LogP) is 4.84. The normalized spacial score (nSPS) is 15.7. The predicted molar refractivity (Wildman–Crippen MR) is 88.5 cm³/mol. The lowest BCUT2D eigenvalue weighted by Gasteiger charge is -2.34. The van der Waals surface area contributed by atoms with Gasteiger partial charge >= 0.3 is 6.36 Å². The number of rotatable bonds is 3. The Balaban J connectivity index is 1.59. The van der Waals surface area contributed by atoms with Crippen LogP contribution >= 0.6 is 0 Å². The fraction of sp³-hybridized carbons (Fsp3) is 0.316. The van der Waals surface area contributed by atoms with Gasteiger partial charge in [0.25, 0.3) is 0 Å². The molecule has 0 aliphatic carbocycles. The second kappa shape index (κ2) is 7.06. The van der Waals surface area contributed by atoms with E-state index in [0.717, 1.165) is 31.6 Å². The zero-order valence-electron chi connectivity index (χ0n) is 13.5. The number of nitrogens with zero attached hydrogens (tertiary/aromatic N) is 2. The summed E-state index contributed by atoms with van der Waals surface area (Å²) in [5, 5.41) is 8.85. The molecule has 0 radical (unpaired) electrons. The lowest BCUT2D eigenvalue weighted by molar-refractivity contribution is -0.274. The highest BCUT2D eigenvalue weighted by atomic mass is 19.4. The molecule has 1 saturated heterocycles. The maximum atomic E-state index is 12.2. The van der Waals surface area contributed by atoms with E-state index in [9.17, 15) is 13.2 Å². The first-order valence-corrected chi connectivity index (χ1v) is 8.05. The van der Waals surface area contributed by atoms with E-state index in [0.29, 0.717) is 11.5 Å². The second-order valence-corrected chi connectivity index (χ2v) is 6.04. The van der Waals surface area contributed by atoms with E-state index in [2.05, 4.69) is 15.7 Å². The highest BCUT2D eigenvalue weighted by molar-refractivity contribution is 5.49. The van der Waals surface area contributed by atoms with Crippen LogP contribution in [0.15, 0.2) is 48.5 Å². The maximum Gasteiger partial charge on any atom is 0.573 e. The summed E-state index contributed by atoms with van der Waals surface area (Å²) in [6.45, 7) is 1.67. The minimum Gasteiger partial charge on any atom is -0.406 e. The SMILES string of the molecule is N#Cc1ccc(C2CCN(c3ccc(OC(F)(F)F)cc3)CC2)cc1. The highest BCUT2D eigenvalue weighted by Gasteiger charge is 2.31. The molecule has 1 heterocycles. The Morgan fingerprint density at radius 3 is 2.08 bits per heavy atom. The number of halogens is 3. The Kier molecular flexibility index (Phi) is 4.84. The van der Waals surface area contributed by atoms with Crippen molar-refractivity contribution in [2.24, 2.45) is 0 Å². The molecule has 25 heavy (non-hydrogen) atoms. The van der Waals surface area contributed by atoms with Crippen LogP contribution < -0.4 is 9.64 Å². The van der Waals surface area contributed by atoms with Gasteiger partial charge in [-0.1, -0.05) is 12.1 Å². The van der Waals surface area contributed by atoms with Gasteiger partial charge in [0.1, 0.15) is 5.75 Å². The molecule has 1 aliphatic rings. The molecular formula is C19H17F3N2O. The van der Waals surface area contributed by atoms with Crippen LogP contribution in [0.25, 0.3) is 0 Å². The third kappa shape index (κ3) is 4.44. The van der Waals surface area contributed by atoms with Gasteiger partial charge in [0.2, 0.25) is 0 Å². The number of piperidine rings is 1. The van der Waals surface area contributed by atoms with E-state index in [1.54, 1.807) is 12.1 Å². The van der Waals surface area contributed by atoms with Gasteiger partial charge in [-0.05, 0) is 60.7 Å². The van der Waals surface area contributed by atoms with Gasteiger partial charge in [-0.2, -0.15) is 5.26 Å². The Hall–Kier alpha value is -2.68. The third-order valence-corrected chi connectivity index (χ3v) is 4.44. The molecule has 0 saturated carbocycles. The van der Waals surface area contributed by atoms with Crippen molar-refractivity contribution >= 4 is 5.69 Å². The number of anilines is 1. The first-order chi connectivity index (χ1) is 11.9. The van der Waals surface area contributed by atoms with Crippen molar-refractivity contribution < 1.29 is 17.9 Å². The van der Waals surface area contributed by atoms with Gasteiger partial charge in [-0.25, -0.2) is 0 Å². The molecule has 130 valence electrons. The average molecular weight is 346 g/mol. The van der Waals surface area contributed by atoms with Crippen molar-refractivity contribution in [2.75, 3.05) is 18.0 Å². The highest BCUT2D eigenvalue weighted by Crippen LogP contribution is 2.32. The Morgan fingerprint density at radius 1 is 0.960 bits per heavy atom. The zero-order valence-corrected chi connectivity index (χ0v) is 13.5. The Bertz CT molecular complexity index is 740. The molecule has 1 fully saturated rings. The molecule has 3 rings (SSSR count). The summed E-state index contributed by atoms with van der Waals surface area (Å²) in [6.07, 6.45) is -2.74. The largest absolute Gasteiger partial charge is 0.573 e. The van der Waals surface area contributed by atoms with Crippen LogP contribution in [0.3, 0.4) is 0 Å². The monoisotopic (exact) mass is 346 g/mol. The molecule has 0 unspecified atom stereocenters. The van der Waals surface area contributed by atoms with Crippen LogP contribution in [-0.2, 0) is 0 Å². The quantitative estimate of drug-likeness (QED) is 0.798. The van der Waals surface area contributed by atoms with Crippen LogP contribution in [-0.4, -0.2) is 19.5 Å². The summed E-state index contributed by atoms with van der Waals surface area (Å²) < 4.78 is 40.5. The molecule has 0 bridgehead atoms. The van der Waals surface area contributed by atoms with E-state index in [4.69, 9.17) is 5.26 Å². The molecule has 0 amide bonds. The molecule has 2 aromatic carbocycles. The van der Waals surface area contributed by atoms with Crippen molar-refractivity contribution in [3.05, 3.63) is 59.7 Å². The van der Waals surface area contributed by atoms with Gasteiger partial charge in [-0.3, -0.25) is 0 Å². The molecule has 3 nitrogen and oxygen atoms in total. The van der Waals surface area contributed by atoms with E-state index in [-0.39, 0.29) is 5.75 Å². The summed E-state index contributed by atoms with van der Waals surface area (Å²) in [4.78, 5) is 2.16. The first kappa shape index (κ1) is 17.2. The summed E-state index contributed by atoms with van der Waals surface area (Å²) in [5.74, 6) is 0.237. The van der Waals surface area contributed by atoms with Gasteiger partial charge in [-0.15, -0.1) is 13.2 Å². The molecule has 1 aliphatic heterocycles. The lowest BCUT2D eigenvalue weighted by Crippen LogP contribution is -2.32. The number of benzene rings is 2. The Morgan fingerprint density at radius 2 is 1.56 bits per heavy atom. The summed E-state index contributed by atoms with van der Waals surface area (Å²) in [5.41, 5.74) is 2.78. The first-order valence-electron chi connectivity index (χ1n) is 8.05. The molecule has 0 aromatic heterocycles. The molecule has 0 N–H and O–H groups in total. The van der Waals surface area contributed by atoms with Crippen molar-refractivity contribution in [3.8, 4) is 11.8 Å². The smallest absolute Gasteiger partial charge is 0.406 e. The molecular weight excluding hydrogens is 329 g/mol. The van der Waals surface area contributed by atoms with Crippen molar-refractivity contribution in [2.45, 2.75) is 25.1 Å². The summed E-state index contributed by atoms with van der Waals surface area (Å²) in [6, 6.07) is 15.8. The fourth-order valence-electron chi connectivity index (χ4n) is 3.16. The van der Waals surface area contributed by atoms with Crippen LogP contribution in [0.4, 0.5) is 18.9 Å². The summed E-state index contributed by atoms with van der Waals surface area (Å²) in [7, 11) is 0. The minimum atomic E-state index is -4.67. The Labute approximate surface area is 144 Å². The maximum absolute atomic E-state index is 12.2. The van der Waals surface area contributed by atoms with Crippen molar-refractivity contribution in [1.29, 1.82) is 5.26 Å². The zero-order chi connectivity index (χ0) is 17.9. The van der Waals surface area contributed by atoms with Crippen molar-refractivity contribution in [3.63, 3.8) is 0 Å². The van der Waals surface area contributed by atoms with E-state index in [1.807, 2.05) is 24.3 Å². The number of ether oxygens (including phenoxy) is 1. The van der Waals surface area contributed by atoms with Crippen LogP contribution in [0, 0.1) is 11.3 Å². The van der Waals surface area contributed by atoms with Gasteiger partial charge in [0, 0.05) is 18.8 Å². The molecule has 0 spiro atoms. The van der Waals surface area contributed by atoms with E-state index >= 15 is 0 Å². The van der Waals surface area contributed by atoms with Crippen LogP contribution in [0.2, 0.25) is 0 Å². The number of hydrogen-bond donors (Lipinski definition) is 0. The number of nitriles is 1. The lowest BCUT2D eigenvalue weighted by atomic mass is 9.89. The van der Waals surface area contributed by atoms with Gasteiger partial charge in [0.05, 0.1) is 11.6 Å². The summed E-state index contributed by atoms with van der Waals surface area (Å²) >= 11 is 0. The minimum absolute atomic E-state index is 0.205. The van der Waals surface area contributed by atoms with Crippen LogP contribution in [0.1, 0.15) is 29.9 Å². The fourth-order valence-corrected chi connectivity index (χ4v) is 3.16. The van der Waals surface area contributed by atoms with E-state index in [1.165, 1.54) is 17.7 Å². The van der Waals surface area contributed by atoms with Gasteiger partial charge < -0.3 is 9.64 Å². The molecule has 0 atom stereocenters. The topological polar surface area (TPSA) is 36.3 Å².